The van der Waals surface area contributed by atoms with Gasteiger partial charge in [0.2, 0.25) is 0 Å². The molecule has 1 aromatic rings. The standard InChI is InChI=1S/C13H17N/c1-2-7-13(8-3-1)9-6-12-14-10-4-5-11-14/h1-3,6-9H,4-5,10-12H2. The van der Waals surface area contributed by atoms with Crippen LogP contribution in [0.5, 0.6) is 0 Å². The first-order valence-corrected chi connectivity index (χ1v) is 5.39. The van der Waals surface area contributed by atoms with Crippen molar-refractivity contribution >= 4 is 6.08 Å². The van der Waals surface area contributed by atoms with Crippen LogP contribution in [0.1, 0.15) is 18.4 Å². The lowest BCUT2D eigenvalue weighted by atomic mass is 10.2. The number of likely N-dealkylation sites (tertiary alicyclic amines) is 1. The van der Waals surface area contributed by atoms with Crippen molar-refractivity contribution in [3.8, 4) is 0 Å². The SMILES string of the molecule is C(=Cc1ccccc1)CN1CCCC1. The molecule has 1 aliphatic rings. The maximum atomic E-state index is 2.50. The van der Waals surface area contributed by atoms with Gasteiger partial charge in [0, 0.05) is 6.54 Å². The summed E-state index contributed by atoms with van der Waals surface area (Å²) in [5.74, 6) is 0. The molecular formula is C13H17N. The van der Waals surface area contributed by atoms with Gasteiger partial charge in [-0.1, -0.05) is 42.5 Å². The van der Waals surface area contributed by atoms with Crippen molar-refractivity contribution in [2.45, 2.75) is 12.8 Å². The second-order valence-electron chi connectivity index (χ2n) is 3.82. The third kappa shape index (κ3) is 2.71. The van der Waals surface area contributed by atoms with E-state index in [1.807, 2.05) is 0 Å². The molecule has 0 bridgehead atoms. The van der Waals surface area contributed by atoms with Crippen molar-refractivity contribution in [1.82, 2.24) is 4.90 Å². The van der Waals surface area contributed by atoms with E-state index < -0.39 is 0 Å². The van der Waals surface area contributed by atoms with Crippen LogP contribution in [-0.2, 0) is 0 Å². The molecule has 1 saturated heterocycles. The Bertz CT molecular complexity index is 283. The Morgan fingerprint density at radius 3 is 2.50 bits per heavy atom. The summed E-state index contributed by atoms with van der Waals surface area (Å²) < 4.78 is 0. The van der Waals surface area contributed by atoms with Gasteiger partial charge >= 0.3 is 0 Å². The zero-order valence-corrected chi connectivity index (χ0v) is 8.52. The Kier molecular flexibility index (Phi) is 3.36. The number of benzene rings is 1. The van der Waals surface area contributed by atoms with Gasteiger partial charge in [0.15, 0.2) is 0 Å². The molecule has 1 heterocycles. The molecule has 0 N–H and O–H groups in total. The van der Waals surface area contributed by atoms with Gasteiger partial charge in [-0.3, -0.25) is 4.90 Å². The topological polar surface area (TPSA) is 3.24 Å². The van der Waals surface area contributed by atoms with Crippen LogP contribution in [0.25, 0.3) is 6.08 Å². The lowest BCUT2D eigenvalue weighted by Crippen LogP contribution is -2.18. The van der Waals surface area contributed by atoms with Crippen molar-refractivity contribution in [1.29, 1.82) is 0 Å². The van der Waals surface area contributed by atoms with E-state index in [4.69, 9.17) is 0 Å². The fraction of sp³-hybridized carbons (Fsp3) is 0.385. The van der Waals surface area contributed by atoms with Gasteiger partial charge in [-0.05, 0) is 31.5 Å². The Morgan fingerprint density at radius 1 is 1.07 bits per heavy atom. The molecule has 0 saturated carbocycles. The van der Waals surface area contributed by atoms with Crippen LogP contribution < -0.4 is 0 Å². The maximum absolute atomic E-state index is 2.50. The molecule has 0 aliphatic carbocycles. The van der Waals surface area contributed by atoms with Crippen LogP contribution in [0.3, 0.4) is 0 Å². The molecule has 1 nitrogen and oxygen atoms in total. The first kappa shape index (κ1) is 9.47. The van der Waals surface area contributed by atoms with Crippen LogP contribution in [0.2, 0.25) is 0 Å². The Labute approximate surface area is 86.1 Å². The molecule has 1 aliphatic heterocycles. The summed E-state index contributed by atoms with van der Waals surface area (Å²) in [5.41, 5.74) is 1.30. The number of hydrogen-bond acceptors (Lipinski definition) is 1. The van der Waals surface area contributed by atoms with E-state index >= 15 is 0 Å². The summed E-state index contributed by atoms with van der Waals surface area (Å²) in [6.07, 6.45) is 7.22. The molecule has 0 spiro atoms. The number of rotatable bonds is 3. The fourth-order valence-electron chi connectivity index (χ4n) is 1.87. The molecule has 1 aromatic carbocycles. The normalized spacial score (nSPS) is 18.0. The van der Waals surface area contributed by atoms with Crippen LogP contribution >= 0.6 is 0 Å². The third-order valence-electron chi connectivity index (χ3n) is 2.67. The number of nitrogens with zero attached hydrogens (tertiary/aromatic N) is 1. The first-order valence-electron chi connectivity index (χ1n) is 5.39. The van der Waals surface area contributed by atoms with Crippen molar-refractivity contribution in [2.75, 3.05) is 19.6 Å². The molecule has 0 unspecified atom stereocenters. The highest BCUT2D eigenvalue weighted by Crippen LogP contribution is 2.07. The second-order valence-corrected chi connectivity index (χ2v) is 3.82. The van der Waals surface area contributed by atoms with E-state index in [1.165, 1.54) is 31.5 Å². The van der Waals surface area contributed by atoms with Gasteiger partial charge in [0.05, 0.1) is 0 Å². The van der Waals surface area contributed by atoms with Gasteiger partial charge in [-0.25, -0.2) is 0 Å². The van der Waals surface area contributed by atoms with Crippen LogP contribution in [0.4, 0.5) is 0 Å². The van der Waals surface area contributed by atoms with Gasteiger partial charge in [-0.15, -0.1) is 0 Å². The highest BCUT2D eigenvalue weighted by molar-refractivity contribution is 5.48. The minimum Gasteiger partial charge on any atom is -0.300 e. The molecule has 0 atom stereocenters. The highest BCUT2D eigenvalue weighted by Gasteiger charge is 2.08. The molecular weight excluding hydrogens is 170 g/mol. The lowest BCUT2D eigenvalue weighted by molar-refractivity contribution is 0.378. The summed E-state index contributed by atoms with van der Waals surface area (Å²) in [6.45, 7) is 3.66. The van der Waals surface area contributed by atoms with Gasteiger partial charge < -0.3 is 0 Å². The molecule has 2 rings (SSSR count). The maximum Gasteiger partial charge on any atom is 0.0166 e. The minimum absolute atomic E-state index is 1.11. The van der Waals surface area contributed by atoms with E-state index in [1.54, 1.807) is 0 Å². The van der Waals surface area contributed by atoms with E-state index in [0.717, 1.165) is 6.54 Å². The predicted molar refractivity (Wildman–Crippen MR) is 61.2 cm³/mol. The van der Waals surface area contributed by atoms with Crippen molar-refractivity contribution in [2.24, 2.45) is 0 Å². The van der Waals surface area contributed by atoms with E-state index in [9.17, 15) is 0 Å². The molecule has 1 fully saturated rings. The molecule has 0 amide bonds. The quantitative estimate of drug-likeness (QED) is 0.703. The fourth-order valence-corrected chi connectivity index (χ4v) is 1.87. The molecule has 74 valence electrons. The number of hydrogen-bond donors (Lipinski definition) is 0. The molecule has 1 heteroatoms. The Morgan fingerprint density at radius 2 is 1.79 bits per heavy atom. The Hall–Kier alpha value is -1.08. The van der Waals surface area contributed by atoms with Crippen LogP contribution in [0, 0.1) is 0 Å². The average Bonchev–Trinajstić information content (AvgIpc) is 2.72. The van der Waals surface area contributed by atoms with Crippen molar-refractivity contribution < 1.29 is 0 Å². The van der Waals surface area contributed by atoms with Gasteiger partial charge in [-0.2, -0.15) is 0 Å². The monoisotopic (exact) mass is 187 g/mol. The molecule has 0 radical (unpaired) electrons. The highest BCUT2D eigenvalue weighted by atomic mass is 15.1. The van der Waals surface area contributed by atoms with Crippen molar-refractivity contribution in [3.63, 3.8) is 0 Å². The zero-order valence-electron chi connectivity index (χ0n) is 8.52. The Balaban J connectivity index is 1.82. The zero-order chi connectivity index (χ0) is 9.64. The first-order chi connectivity index (χ1) is 6.95. The summed E-state index contributed by atoms with van der Waals surface area (Å²) in [4.78, 5) is 2.50. The minimum atomic E-state index is 1.11. The summed E-state index contributed by atoms with van der Waals surface area (Å²) in [6, 6.07) is 10.5. The van der Waals surface area contributed by atoms with Gasteiger partial charge in [0.25, 0.3) is 0 Å². The summed E-state index contributed by atoms with van der Waals surface area (Å²) in [5, 5.41) is 0. The summed E-state index contributed by atoms with van der Waals surface area (Å²) in [7, 11) is 0. The largest absolute Gasteiger partial charge is 0.300 e. The van der Waals surface area contributed by atoms with E-state index in [0.29, 0.717) is 0 Å². The second kappa shape index (κ2) is 4.97. The third-order valence-corrected chi connectivity index (χ3v) is 2.67. The van der Waals surface area contributed by atoms with E-state index in [2.05, 4.69) is 47.4 Å². The lowest BCUT2D eigenvalue weighted by Gasteiger charge is -2.10. The van der Waals surface area contributed by atoms with Crippen molar-refractivity contribution in [3.05, 3.63) is 42.0 Å². The van der Waals surface area contributed by atoms with Gasteiger partial charge in [0.1, 0.15) is 0 Å². The van der Waals surface area contributed by atoms with Crippen LogP contribution in [-0.4, -0.2) is 24.5 Å². The summed E-state index contributed by atoms with van der Waals surface area (Å²) >= 11 is 0. The van der Waals surface area contributed by atoms with Crippen LogP contribution in [0.15, 0.2) is 36.4 Å². The average molecular weight is 187 g/mol. The smallest absolute Gasteiger partial charge is 0.0166 e. The predicted octanol–water partition coefficient (Wildman–Crippen LogP) is 2.80. The molecule has 14 heavy (non-hydrogen) atoms. The molecule has 0 aromatic heterocycles. The van der Waals surface area contributed by atoms with E-state index in [-0.39, 0.29) is 0 Å².